The summed E-state index contributed by atoms with van der Waals surface area (Å²) in [6.07, 6.45) is 1.85. The van der Waals surface area contributed by atoms with E-state index in [1.165, 1.54) is 0 Å². The molecule has 0 amide bonds. The molecule has 92 valence electrons. The van der Waals surface area contributed by atoms with E-state index in [9.17, 15) is 0 Å². The van der Waals surface area contributed by atoms with Crippen LogP contribution in [0.1, 0.15) is 36.0 Å². The SMILES string of the molecule is NC1(c2nc(C3COc4ccccc43)no2)CC1. The predicted molar refractivity (Wildman–Crippen MR) is 63.2 cm³/mol. The summed E-state index contributed by atoms with van der Waals surface area (Å²) in [6, 6.07) is 7.95. The maximum Gasteiger partial charge on any atom is 0.246 e. The van der Waals surface area contributed by atoms with Crippen molar-refractivity contribution in [1.29, 1.82) is 0 Å². The van der Waals surface area contributed by atoms with E-state index < -0.39 is 0 Å². The minimum absolute atomic E-state index is 0.0565. The Labute approximate surface area is 104 Å². The first-order valence-electron chi connectivity index (χ1n) is 6.11. The molecule has 1 saturated carbocycles. The fourth-order valence-corrected chi connectivity index (χ4v) is 2.30. The summed E-state index contributed by atoms with van der Waals surface area (Å²) in [5, 5.41) is 4.06. The van der Waals surface area contributed by atoms with Gasteiger partial charge in [-0.1, -0.05) is 23.4 Å². The van der Waals surface area contributed by atoms with Crippen molar-refractivity contribution in [1.82, 2.24) is 10.1 Å². The molecule has 0 bridgehead atoms. The van der Waals surface area contributed by atoms with Crippen molar-refractivity contribution in [3.63, 3.8) is 0 Å². The quantitative estimate of drug-likeness (QED) is 0.866. The van der Waals surface area contributed by atoms with E-state index in [0.29, 0.717) is 18.3 Å². The highest BCUT2D eigenvalue weighted by atomic mass is 16.5. The second-order valence-corrected chi connectivity index (χ2v) is 5.02. The van der Waals surface area contributed by atoms with Gasteiger partial charge < -0.3 is 15.0 Å². The van der Waals surface area contributed by atoms with Crippen LogP contribution in [0.2, 0.25) is 0 Å². The molecule has 2 aliphatic rings. The summed E-state index contributed by atoms with van der Waals surface area (Å²) >= 11 is 0. The van der Waals surface area contributed by atoms with E-state index in [4.69, 9.17) is 15.0 Å². The molecule has 2 aromatic rings. The molecule has 2 N–H and O–H groups in total. The van der Waals surface area contributed by atoms with Gasteiger partial charge >= 0.3 is 0 Å². The van der Waals surface area contributed by atoms with Crippen LogP contribution < -0.4 is 10.5 Å². The zero-order valence-corrected chi connectivity index (χ0v) is 9.80. The molecule has 2 heterocycles. The molecule has 0 saturated heterocycles. The number of aromatic nitrogens is 2. The molecule has 1 aliphatic heterocycles. The summed E-state index contributed by atoms with van der Waals surface area (Å²) in [5.74, 6) is 2.19. The largest absolute Gasteiger partial charge is 0.492 e. The molecular formula is C13H13N3O2. The van der Waals surface area contributed by atoms with Crippen molar-refractivity contribution in [2.75, 3.05) is 6.61 Å². The third kappa shape index (κ3) is 1.37. The zero-order valence-electron chi connectivity index (χ0n) is 9.80. The predicted octanol–water partition coefficient (Wildman–Crippen LogP) is 1.54. The van der Waals surface area contributed by atoms with Gasteiger partial charge in [0.1, 0.15) is 12.4 Å². The lowest BCUT2D eigenvalue weighted by molar-refractivity contribution is 0.325. The minimum atomic E-state index is -0.371. The standard InChI is InChI=1S/C13H13N3O2/c14-13(5-6-13)12-15-11(16-18-12)9-7-17-10-4-2-1-3-8(9)10/h1-4,9H,5-7,14H2. The number of fused-ring (bicyclic) bond motifs is 1. The molecule has 4 rings (SSSR count). The van der Waals surface area contributed by atoms with Crippen LogP contribution in [0.3, 0.4) is 0 Å². The highest BCUT2D eigenvalue weighted by molar-refractivity contribution is 5.42. The minimum Gasteiger partial charge on any atom is -0.492 e. The fourth-order valence-electron chi connectivity index (χ4n) is 2.30. The van der Waals surface area contributed by atoms with Gasteiger partial charge in [0.2, 0.25) is 5.89 Å². The number of hydrogen-bond donors (Lipinski definition) is 1. The Kier molecular flexibility index (Phi) is 1.86. The lowest BCUT2D eigenvalue weighted by atomic mass is 10.0. The number of benzene rings is 1. The van der Waals surface area contributed by atoms with Crippen molar-refractivity contribution >= 4 is 0 Å². The van der Waals surface area contributed by atoms with Gasteiger partial charge in [-0.25, -0.2) is 0 Å². The van der Waals surface area contributed by atoms with Crippen molar-refractivity contribution in [2.24, 2.45) is 5.73 Å². The molecule has 0 radical (unpaired) electrons. The van der Waals surface area contributed by atoms with Crippen molar-refractivity contribution in [3.05, 3.63) is 41.5 Å². The van der Waals surface area contributed by atoms with Crippen LogP contribution in [0.5, 0.6) is 5.75 Å². The maximum absolute atomic E-state index is 6.05. The third-order valence-electron chi connectivity index (χ3n) is 3.67. The second kappa shape index (κ2) is 3.32. The Bertz CT molecular complexity index is 604. The third-order valence-corrected chi connectivity index (χ3v) is 3.67. The fraction of sp³-hybridized carbons (Fsp3) is 0.385. The first-order chi connectivity index (χ1) is 8.76. The molecule has 1 aromatic carbocycles. The molecule has 18 heavy (non-hydrogen) atoms. The number of nitrogens with two attached hydrogens (primary N) is 1. The van der Waals surface area contributed by atoms with Crippen LogP contribution in [0.25, 0.3) is 0 Å². The summed E-state index contributed by atoms with van der Waals surface area (Å²) in [4.78, 5) is 4.44. The normalized spacial score (nSPS) is 23.5. The summed E-state index contributed by atoms with van der Waals surface area (Å²) in [5.41, 5.74) is 6.79. The van der Waals surface area contributed by atoms with Crippen molar-refractivity contribution in [3.8, 4) is 5.75 Å². The molecule has 1 atom stereocenters. The van der Waals surface area contributed by atoms with Crippen molar-refractivity contribution < 1.29 is 9.26 Å². The van der Waals surface area contributed by atoms with Gasteiger partial charge in [0.05, 0.1) is 11.5 Å². The maximum atomic E-state index is 6.05. The number of para-hydroxylation sites is 1. The molecular weight excluding hydrogens is 230 g/mol. The van der Waals surface area contributed by atoms with Crippen LogP contribution in [-0.4, -0.2) is 16.7 Å². The second-order valence-electron chi connectivity index (χ2n) is 5.02. The molecule has 1 fully saturated rings. The van der Waals surface area contributed by atoms with Crippen LogP contribution in [-0.2, 0) is 5.54 Å². The number of nitrogens with zero attached hydrogens (tertiary/aromatic N) is 2. The highest BCUT2D eigenvalue weighted by Gasteiger charge is 2.46. The average molecular weight is 243 g/mol. The van der Waals surface area contributed by atoms with Crippen LogP contribution >= 0.6 is 0 Å². The Hall–Kier alpha value is -1.88. The smallest absolute Gasteiger partial charge is 0.246 e. The van der Waals surface area contributed by atoms with Crippen LogP contribution in [0, 0.1) is 0 Å². The summed E-state index contributed by atoms with van der Waals surface area (Å²) < 4.78 is 10.9. The van der Waals surface area contributed by atoms with Gasteiger partial charge in [0.25, 0.3) is 0 Å². The topological polar surface area (TPSA) is 74.2 Å². The first kappa shape index (κ1) is 10.1. The zero-order chi connectivity index (χ0) is 12.2. The van der Waals surface area contributed by atoms with Gasteiger partial charge in [-0.15, -0.1) is 0 Å². The van der Waals surface area contributed by atoms with E-state index in [-0.39, 0.29) is 11.5 Å². The van der Waals surface area contributed by atoms with Crippen molar-refractivity contribution in [2.45, 2.75) is 24.3 Å². The Balaban J connectivity index is 1.70. The Morgan fingerprint density at radius 1 is 1.28 bits per heavy atom. The highest BCUT2D eigenvalue weighted by Crippen LogP contribution is 2.43. The van der Waals surface area contributed by atoms with Crippen LogP contribution in [0.4, 0.5) is 0 Å². The lowest BCUT2D eigenvalue weighted by Gasteiger charge is -2.02. The van der Waals surface area contributed by atoms with E-state index in [1.54, 1.807) is 0 Å². The first-order valence-corrected chi connectivity index (χ1v) is 6.11. The Morgan fingerprint density at radius 3 is 2.94 bits per heavy atom. The molecule has 1 unspecified atom stereocenters. The summed E-state index contributed by atoms with van der Waals surface area (Å²) in [7, 11) is 0. The van der Waals surface area contributed by atoms with E-state index in [0.717, 1.165) is 24.2 Å². The van der Waals surface area contributed by atoms with Gasteiger partial charge in [-0.2, -0.15) is 4.98 Å². The average Bonchev–Trinajstić information content (AvgIpc) is 2.86. The van der Waals surface area contributed by atoms with Gasteiger partial charge in [0, 0.05) is 5.56 Å². The van der Waals surface area contributed by atoms with Crippen LogP contribution in [0.15, 0.2) is 28.8 Å². The molecule has 1 aliphatic carbocycles. The Morgan fingerprint density at radius 2 is 2.11 bits per heavy atom. The van der Waals surface area contributed by atoms with E-state index in [2.05, 4.69) is 10.1 Å². The van der Waals surface area contributed by atoms with E-state index in [1.807, 2.05) is 24.3 Å². The number of ether oxygens (including phenoxy) is 1. The van der Waals surface area contributed by atoms with Gasteiger partial charge in [-0.05, 0) is 18.9 Å². The lowest BCUT2D eigenvalue weighted by Crippen LogP contribution is -2.19. The summed E-state index contributed by atoms with van der Waals surface area (Å²) in [6.45, 7) is 0.565. The molecule has 5 nitrogen and oxygen atoms in total. The van der Waals surface area contributed by atoms with E-state index >= 15 is 0 Å². The molecule has 0 spiro atoms. The monoisotopic (exact) mass is 243 g/mol. The van der Waals surface area contributed by atoms with Gasteiger partial charge in [0.15, 0.2) is 5.82 Å². The number of rotatable bonds is 2. The van der Waals surface area contributed by atoms with Gasteiger partial charge in [-0.3, -0.25) is 0 Å². The molecule has 5 heteroatoms. The number of hydrogen-bond acceptors (Lipinski definition) is 5. The molecule has 1 aromatic heterocycles.